The first-order valence-corrected chi connectivity index (χ1v) is 14.1. The van der Waals surface area contributed by atoms with Gasteiger partial charge in [-0.15, -0.1) is 0 Å². The quantitative estimate of drug-likeness (QED) is 0.307. The van der Waals surface area contributed by atoms with Crippen molar-refractivity contribution in [2.45, 2.75) is 18.2 Å². The average Bonchev–Trinajstić information content (AvgIpc) is 2.87. The highest BCUT2D eigenvalue weighted by atomic mass is 35.5. The lowest BCUT2D eigenvalue weighted by Crippen LogP contribution is -2.43. The molecular weight excluding hydrogens is 564 g/mol. The number of amides is 1. The second-order valence-electron chi connectivity index (χ2n) is 9.05. The first-order chi connectivity index (χ1) is 18.9. The Morgan fingerprint density at radius 3 is 2.38 bits per heavy atom. The van der Waals surface area contributed by atoms with Gasteiger partial charge in [0.05, 0.1) is 22.9 Å². The standard InChI is InChI=1S/C28H20ClF2N3O5S/c1-40(38,39)14-16-10-22(30)25(23(31)11-16)27(35)34-24(28(36)37)12-17-5-7-20(26-18(17)3-2-8-33-26)19-6-4-15(13-32)9-21(19)29/h2-11,24H,12,14H2,1H3,(H,34,35)(H,36,37). The Hall–Kier alpha value is -4.40. The Bertz CT molecular complexity index is 1800. The van der Waals surface area contributed by atoms with E-state index >= 15 is 0 Å². The fourth-order valence-electron chi connectivity index (χ4n) is 4.31. The topological polar surface area (TPSA) is 137 Å². The van der Waals surface area contributed by atoms with Gasteiger partial charge in [0.2, 0.25) is 0 Å². The second-order valence-corrected chi connectivity index (χ2v) is 11.6. The number of fused-ring (bicyclic) bond motifs is 1. The van der Waals surface area contributed by atoms with E-state index in [2.05, 4.69) is 10.3 Å². The number of carbonyl (C=O) groups excluding carboxylic acids is 1. The third-order valence-electron chi connectivity index (χ3n) is 6.03. The molecule has 0 saturated carbocycles. The van der Waals surface area contributed by atoms with Crippen LogP contribution in [0.2, 0.25) is 5.02 Å². The molecule has 1 aromatic heterocycles. The SMILES string of the molecule is CS(=O)(=O)Cc1cc(F)c(C(=O)NC(Cc2ccc(-c3ccc(C#N)cc3Cl)c3ncccc23)C(=O)O)c(F)c1. The van der Waals surface area contributed by atoms with Gasteiger partial charge >= 0.3 is 5.97 Å². The van der Waals surface area contributed by atoms with Gasteiger partial charge in [-0.1, -0.05) is 35.9 Å². The van der Waals surface area contributed by atoms with Crippen molar-refractivity contribution in [2.24, 2.45) is 0 Å². The van der Waals surface area contributed by atoms with Crippen molar-refractivity contribution < 1.29 is 31.9 Å². The van der Waals surface area contributed by atoms with Crippen LogP contribution >= 0.6 is 11.6 Å². The van der Waals surface area contributed by atoms with Crippen LogP contribution in [0.5, 0.6) is 0 Å². The van der Waals surface area contributed by atoms with Crippen molar-refractivity contribution in [1.29, 1.82) is 5.26 Å². The molecule has 0 bridgehead atoms. The zero-order chi connectivity index (χ0) is 29.2. The minimum Gasteiger partial charge on any atom is -0.480 e. The molecule has 1 amide bonds. The molecule has 1 heterocycles. The van der Waals surface area contributed by atoms with E-state index in [0.717, 1.165) is 18.4 Å². The number of hydrogen-bond acceptors (Lipinski definition) is 6. The van der Waals surface area contributed by atoms with Crippen molar-refractivity contribution in [3.8, 4) is 17.2 Å². The maximum atomic E-state index is 14.6. The van der Waals surface area contributed by atoms with Gasteiger partial charge in [0.25, 0.3) is 5.91 Å². The number of carboxylic acid groups (broad SMARTS) is 1. The van der Waals surface area contributed by atoms with E-state index in [1.165, 1.54) is 6.07 Å². The summed E-state index contributed by atoms with van der Waals surface area (Å²) >= 11 is 6.40. The van der Waals surface area contributed by atoms with Gasteiger partial charge in [-0.05, 0) is 41.5 Å². The molecule has 3 aromatic carbocycles. The van der Waals surface area contributed by atoms with Gasteiger partial charge in [-0.2, -0.15) is 5.26 Å². The number of pyridine rings is 1. The number of sulfone groups is 1. The number of aromatic nitrogens is 1. The second kappa shape index (κ2) is 11.4. The molecule has 8 nitrogen and oxygen atoms in total. The number of hydrogen-bond donors (Lipinski definition) is 2. The minimum absolute atomic E-state index is 0.190. The Morgan fingerprint density at radius 2 is 1.77 bits per heavy atom. The lowest BCUT2D eigenvalue weighted by molar-refractivity contribution is -0.139. The first kappa shape index (κ1) is 28.6. The smallest absolute Gasteiger partial charge is 0.326 e. The van der Waals surface area contributed by atoms with Gasteiger partial charge in [-0.3, -0.25) is 9.78 Å². The van der Waals surface area contributed by atoms with Gasteiger partial charge in [0.1, 0.15) is 23.2 Å². The van der Waals surface area contributed by atoms with Crippen molar-refractivity contribution in [3.05, 3.63) is 99.7 Å². The number of carbonyl (C=O) groups is 2. The van der Waals surface area contributed by atoms with Crippen LogP contribution in [0, 0.1) is 23.0 Å². The molecule has 2 N–H and O–H groups in total. The van der Waals surface area contributed by atoms with Crippen LogP contribution in [0.1, 0.15) is 27.0 Å². The molecule has 1 atom stereocenters. The highest BCUT2D eigenvalue weighted by Gasteiger charge is 2.27. The van der Waals surface area contributed by atoms with Crippen molar-refractivity contribution >= 4 is 44.2 Å². The molecule has 4 aromatic rings. The number of nitrogens with one attached hydrogen (secondary N) is 1. The highest BCUT2D eigenvalue weighted by molar-refractivity contribution is 7.89. The summed E-state index contributed by atoms with van der Waals surface area (Å²) in [5.74, 6) is -6.03. The first-order valence-electron chi connectivity index (χ1n) is 11.6. The lowest BCUT2D eigenvalue weighted by atomic mass is 9.94. The largest absolute Gasteiger partial charge is 0.480 e. The Morgan fingerprint density at radius 1 is 1.10 bits per heavy atom. The summed E-state index contributed by atoms with van der Waals surface area (Å²) in [5.41, 5.74) is 1.36. The molecule has 0 saturated heterocycles. The molecule has 0 spiro atoms. The van der Waals surface area contributed by atoms with Crippen molar-refractivity contribution in [3.63, 3.8) is 0 Å². The number of carboxylic acids is 1. The minimum atomic E-state index is -3.59. The third kappa shape index (κ3) is 6.25. The summed E-state index contributed by atoms with van der Waals surface area (Å²) < 4.78 is 52.2. The molecular formula is C28H20ClF2N3O5S. The molecule has 1 unspecified atom stereocenters. The van der Waals surface area contributed by atoms with E-state index in [1.807, 2.05) is 6.07 Å². The maximum absolute atomic E-state index is 14.6. The number of rotatable bonds is 8. The number of aliphatic carboxylic acids is 1. The number of nitriles is 1. The van der Waals surface area contributed by atoms with Gasteiger partial charge in [0, 0.05) is 40.4 Å². The van der Waals surface area contributed by atoms with Crippen LogP contribution < -0.4 is 5.32 Å². The molecule has 204 valence electrons. The van der Waals surface area contributed by atoms with Crippen molar-refractivity contribution in [1.82, 2.24) is 10.3 Å². The Balaban J connectivity index is 1.66. The summed E-state index contributed by atoms with van der Waals surface area (Å²) in [6.07, 6.45) is 2.19. The van der Waals surface area contributed by atoms with Crippen LogP contribution in [0.15, 0.2) is 60.8 Å². The van der Waals surface area contributed by atoms with Gasteiger partial charge < -0.3 is 10.4 Å². The maximum Gasteiger partial charge on any atom is 0.326 e. The molecule has 4 rings (SSSR count). The highest BCUT2D eigenvalue weighted by Crippen LogP contribution is 2.35. The van der Waals surface area contributed by atoms with E-state index in [4.69, 9.17) is 16.9 Å². The van der Waals surface area contributed by atoms with E-state index < -0.39 is 50.7 Å². The summed E-state index contributed by atoms with van der Waals surface area (Å²) in [7, 11) is -3.59. The average molecular weight is 584 g/mol. The van der Waals surface area contributed by atoms with E-state index in [1.54, 1.807) is 42.6 Å². The zero-order valence-corrected chi connectivity index (χ0v) is 22.4. The summed E-state index contributed by atoms with van der Waals surface area (Å²) in [4.78, 5) is 29.2. The van der Waals surface area contributed by atoms with E-state index in [9.17, 15) is 31.9 Å². The zero-order valence-electron chi connectivity index (χ0n) is 20.8. The van der Waals surface area contributed by atoms with Crippen LogP contribution in [0.3, 0.4) is 0 Å². The molecule has 12 heteroatoms. The van der Waals surface area contributed by atoms with Crippen LogP contribution in [0.4, 0.5) is 8.78 Å². The van der Waals surface area contributed by atoms with Crippen LogP contribution in [-0.2, 0) is 26.8 Å². The molecule has 0 fully saturated rings. The molecule has 0 aliphatic heterocycles. The molecule has 40 heavy (non-hydrogen) atoms. The number of benzene rings is 3. The summed E-state index contributed by atoms with van der Waals surface area (Å²) in [6.45, 7) is 0. The number of halogens is 3. The molecule has 0 aliphatic carbocycles. The van der Waals surface area contributed by atoms with E-state index in [0.29, 0.717) is 38.2 Å². The third-order valence-corrected chi connectivity index (χ3v) is 7.20. The number of nitrogens with zero attached hydrogens (tertiary/aromatic N) is 2. The van der Waals surface area contributed by atoms with E-state index in [-0.39, 0.29) is 12.0 Å². The Labute approximate surface area is 232 Å². The molecule has 0 aliphatic rings. The van der Waals surface area contributed by atoms with Crippen molar-refractivity contribution in [2.75, 3.05) is 6.26 Å². The van der Waals surface area contributed by atoms with Crippen LogP contribution in [-0.4, -0.2) is 42.7 Å². The van der Waals surface area contributed by atoms with Gasteiger partial charge in [0.15, 0.2) is 9.84 Å². The van der Waals surface area contributed by atoms with Crippen LogP contribution in [0.25, 0.3) is 22.0 Å². The lowest BCUT2D eigenvalue weighted by Gasteiger charge is -2.18. The Kier molecular flexibility index (Phi) is 8.13. The summed E-state index contributed by atoms with van der Waals surface area (Å²) in [6, 6.07) is 13.3. The van der Waals surface area contributed by atoms with Gasteiger partial charge in [-0.25, -0.2) is 22.0 Å². The molecule has 0 radical (unpaired) electrons. The predicted octanol–water partition coefficient (Wildman–Crippen LogP) is 4.68. The normalized spacial score (nSPS) is 12.1. The fraction of sp³-hybridized carbons (Fsp3) is 0.143. The summed E-state index contributed by atoms with van der Waals surface area (Å²) in [5, 5.41) is 22.0. The predicted molar refractivity (Wildman–Crippen MR) is 144 cm³/mol. The monoisotopic (exact) mass is 583 g/mol. The fourth-order valence-corrected chi connectivity index (χ4v) is 5.36.